The van der Waals surface area contributed by atoms with Crippen molar-refractivity contribution in [3.05, 3.63) is 59.9 Å². The molecule has 1 aromatic carbocycles. The summed E-state index contributed by atoms with van der Waals surface area (Å²) in [5.74, 6) is 2.28. The summed E-state index contributed by atoms with van der Waals surface area (Å²) in [7, 11) is 0. The van der Waals surface area contributed by atoms with Gasteiger partial charge < -0.3 is 19.7 Å². The molecule has 12 nitrogen and oxygen atoms in total. The Kier molecular flexibility index (Phi) is 8.14. The summed E-state index contributed by atoms with van der Waals surface area (Å²) < 4.78 is 11.0. The molecule has 6 rings (SSSR count). The molecule has 0 unspecified atom stereocenters. The second-order valence-electron chi connectivity index (χ2n) is 9.29. The molecule has 2 N–H and O–H groups in total. The predicted octanol–water partition coefficient (Wildman–Crippen LogP) is 3.37. The Morgan fingerprint density at radius 1 is 0.850 bits per heavy atom. The first-order valence-electron chi connectivity index (χ1n) is 13.1. The molecule has 0 bridgehead atoms. The summed E-state index contributed by atoms with van der Waals surface area (Å²) in [6.45, 7) is 7.04. The van der Waals surface area contributed by atoms with Crippen LogP contribution in [-0.2, 0) is 16.0 Å². The SMILES string of the molecule is O=C(Nc1ccc(-c2nc(-c3ccc(CN4CCOCC4)s3)nc(N3CCOCC3)n2)cc1)Nc1ccncn1. The molecule has 2 aliphatic rings. The molecule has 0 radical (unpaired) electrons. The van der Waals surface area contributed by atoms with Gasteiger partial charge in [-0.2, -0.15) is 9.97 Å². The highest BCUT2D eigenvalue weighted by molar-refractivity contribution is 7.15. The summed E-state index contributed by atoms with van der Waals surface area (Å²) in [6, 6.07) is 12.9. The number of hydrogen-bond donors (Lipinski definition) is 2. The lowest BCUT2D eigenvalue weighted by atomic mass is 10.2. The van der Waals surface area contributed by atoms with Crippen molar-refractivity contribution in [2.45, 2.75) is 6.54 Å². The molecule has 2 saturated heterocycles. The van der Waals surface area contributed by atoms with Crippen LogP contribution in [-0.4, -0.2) is 88.5 Å². The predicted molar refractivity (Wildman–Crippen MR) is 152 cm³/mol. The van der Waals surface area contributed by atoms with Crippen LogP contribution < -0.4 is 15.5 Å². The molecular formula is C27H29N9O3S. The van der Waals surface area contributed by atoms with Crippen LogP contribution in [0.3, 0.4) is 0 Å². The van der Waals surface area contributed by atoms with Crippen LogP contribution in [0.2, 0.25) is 0 Å². The van der Waals surface area contributed by atoms with E-state index in [0.29, 0.717) is 42.3 Å². The summed E-state index contributed by atoms with van der Waals surface area (Å²) in [5.41, 5.74) is 1.45. The minimum atomic E-state index is -0.394. The van der Waals surface area contributed by atoms with E-state index in [1.165, 1.54) is 11.2 Å². The summed E-state index contributed by atoms with van der Waals surface area (Å²) in [4.78, 5) is 41.5. The first-order chi connectivity index (χ1) is 19.7. The van der Waals surface area contributed by atoms with Crippen molar-refractivity contribution in [3.63, 3.8) is 0 Å². The van der Waals surface area contributed by atoms with Gasteiger partial charge in [0.05, 0.1) is 31.3 Å². The lowest BCUT2D eigenvalue weighted by Crippen LogP contribution is -2.37. The van der Waals surface area contributed by atoms with Crippen molar-refractivity contribution in [1.29, 1.82) is 0 Å². The number of nitrogens with one attached hydrogen (secondary N) is 2. The highest BCUT2D eigenvalue weighted by atomic mass is 32.1. The van der Waals surface area contributed by atoms with Crippen molar-refractivity contribution in [2.24, 2.45) is 0 Å². The Balaban J connectivity index is 1.22. The number of nitrogens with zero attached hydrogens (tertiary/aromatic N) is 7. The van der Waals surface area contributed by atoms with Gasteiger partial charge in [0.25, 0.3) is 0 Å². The fourth-order valence-electron chi connectivity index (χ4n) is 4.42. The molecular weight excluding hydrogens is 530 g/mol. The van der Waals surface area contributed by atoms with Gasteiger partial charge in [0.2, 0.25) is 5.95 Å². The molecule has 2 aliphatic heterocycles. The molecule has 13 heteroatoms. The monoisotopic (exact) mass is 559 g/mol. The van der Waals surface area contributed by atoms with E-state index in [0.717, 1.165) is 56.4 Å². The maximum absolute atomic E-state index is 12.3. The number of aromatic nitrogens is 5. The van der Waals surface area contributed by atoms with Crippen molar-refractivity contribution >= 4 is 34.8 Å². The maximum atomic E-state index is 12.3. The van der Waals surface area contributed by atoms with Gasteiger partial charge in [0, 0.05) is 55.0 Å². The molecule has 40 heavy (non-hydrogen) atoms. The van der Waals surface area contributed by atoms with Gasteiger partial charge in [-0.25, -0.2) is 19.7 Å². The number of ether oxygens (including phenoxy) is 2. The van der Waals surface area contributed by atoms with Crippen molar-refractivity contribution in [3.8, 4) is 22.1 Å². The first kappa shape index (κ1) is 26.2. The number of rotatable bonds is 7. The molecule has 2 fully saturated rings. The highest BCUT2D eigenvalue weighted by Crippen LogP contribution is 2.30. The minimum absolute atomic E-state index is 0.394. The van der Waals surface area contributed by atoms with E-state index in [1.54, 1.807) is 23.6 Å². The molecule has 2 amide bonds. The number of carbonyl (C=O) groups is 1. The number of anilines is 3. The third-order valence-corrected chi connectivity index (χ3v) is 7.57. The van der Waals surface area contributed by atoms with Crippen LogP contribution in [0.4, 0.5) is 22.2 Å². The topological polar surface area (TPSA) is 131 Å². The second kappa shape index (κ2) is 12.4. The molecule has 3 aromatic heterocycles. The van der Waals surface area contributed by atoms with E-state index in [9.17, 15) is 4.79 Å². The number of thiophene rings is 1. The number of carbonyl (C=O) groups excluding carboxylic acids is 1. The summed E-state index contributed by atoms with van der Waals surface area (Å²) >= 11 is 1.71. The molecule has 0 spiro atoms. The summed E-state index contributed by atoms with van der Waals surface area (Å²) in [6.07, 6.45) is 2.94. The molecule has 0 saturated carbocycles. The van der Waals surface area contributed by atoms with Crippen LogP contribution in [0.25, 0.3) is 22.1 Å². The van der Waals surface area contributed by atoms with Crippen molar-refractivity contribution in [2.75, 3.05) is 68.1 Å². The van der Waals surface area contributed by atoms with Gasteiger partial charge >= 0.3 is 6.03 Å². The molecule has 0 aliphatic carbocycles. The van der Waals surface area contributed by atoms with Crippen LogP contribution in [0, 0.1) is 0 Å². The maximum Gasteiger partial charge on any atom is 0.324 e. The van der Waals surface area contributed by atoms with Crippen molar-refractivity contribution in [1.82, 2.24) is 29.8 Å². The third-order valence-electron chi connectivity index (χ3n) is 6.51. The van der Waals surface area contributed by atoms with Gasteiger partial charge in [-0.05, 0) is 42.5 Å². The Morgan fingerprint density at radius 3 is 2.35 bits per heavy atom. The van der Waals surface area contributed by atoms with Crippen molar-refractivity contribution < 1.29 is 14.3 Å². The average Bonchev–Trinajstić information content (AvgIpc) is 3.47. The van der Waals surface area contributed by atoms with Crippen LogP contribution >= 0.6 is 11.3 Å². The average molecular weight is 560 g/mol. The fourth-order valence-corrected chi connectivity index (χ4v) is 5.40. The van der Waals surface area contributed by atoms with Gasteiger partial charge in [-0.15, -0.1) is 11.3 Å². The quantitative estimate of drug-likeness (QED) is 0.348. The van der Waals surface area contributed by atoms with E-state index in [1.807, 2.05) is 24.3 Å². The van der Waals surface area contributed by atoms with Gasteiger partial charge in [0.15, 0.2) is 11.6 Å². The second-order valence-corrected chi connectivity index (χ2v) is 10.5. The van der Waals surface area contributed by atoms with Crippen LogP contribution in [0.1, 0.15) is 4.88 Å². The Hall–Kier alpha value is -4.04. The van der Waals surface area contributed by atoms with Gasteiger partial charge in [0.1, 0.15) is 12.1 Å². The van der Waals surface area contributed by atoms with Gasteiger partial charge in [-0.1, -0.05) is 0 Å². The smallest absolute Gasteiger partial charge is 0.324 e. The van der Waals surface area contributed by atoms with E-state index in [2.05, 4.69) is 42.5 Å². The number of amides is 2. The number of hydrogen-bond acceptors (Lipinski definition) is 11. The molecule has 206 valence electrons. The van der Waals surface area contributed by atoms with E-state index >= 15 is 0 Å². The number of morpholine rings is 2. The van der Waals surface area contributed by atoms with E-state index < -0.39 is 6.03 Å². The standard InChI is InChI=1S/C27H29N9O3S/c37-27(31-23-7-8-28-18-29-23)30-20-3-1-19(2-4-20)24-32-25(34-26(33-24)36-11-15-39-16-12-36)22-6-5-21(40-22)17-35-9-13-38-14-10-35/h1-8,18H,9-17H2,(H2,28,29,30,31,37). The highest BCUT2D eigenvalue weighted by Gasteiger charge is 2.19. The Morgan fingerprint density at radius 2 is 1.60 bits per heavy atom. The van der Waals surface area contributed by atoms with E-state index in [-0.39, 0.29) is 0 Å². The zero-order valence-corrected chi connectivity index (χ0v) is 22.6. The number of benzene rings is 1. The summed E-state index contributed by atoms with van der Waals surface area (Å²) in [5, 5.41) is 5.49. The van der Waals surface area contributed by atoms with E-state index in [4.69, 9.17) is 24.4 Å². The Bertz CT molecular complexity index is 1420. The lowest BCUT2D eigenvalue weighted by molar-refractivity contribution is 0.0346. The normalized spacial score (nSPS) is 16.1. The zero-order valence-electron chi connectivity index (χ0n) is 21.8. The molecule has 4 aromatic rings. The van der Waals surface area contributed by atoms with Crippen LogP contribution in [0.5, 0.6) is 0 Å². The first-order valence-corrected chi connectivity index (χ1v) is 13.9. The Labute approximate surface area is 235 Å². The lowest BCUT2D eigenvalue weighted by Gasteiger charge is -2.27. The molecule has 0 atom stereocenters. The zero-order chi connectivity index (χ0) is 27.1. The number of urea groups is 1. The third kappa shape index (κ3) is 6.57. The fraction of sp³-hybridized carbons (Fsp3) is 0.333. The minimum Gasteiger partial charge on any atom is -0.379 e. The van der Waals surface area contributed by atoms with Crippen LogP contribution in [0.15, 0.2) is 55.0 Å². The largest absolute Gasteiger partial charge is 0.379 e. The van der Waals surface area contributed by atoms with Gasteiger partial charge in [-0.3, -0.25) is 10.2 Å². The molecule has 5 heterocycles.